The molecule has 0 radical (unpaired) electrons. The Morgan fingerprint density at radius 2 is 2.00 bits per heavy atom. The molecule has 0 aliphatic rings. The smallest absolute Gasteiger partial charge is 0.161 e. The van der Waals surface area contributed by atoms with Gasteiger partial charge in [0.25, 0.3) is 0 Å². The van der Waals surface area contributed by atoms with Gasteiger partial charge in [-0.2, -0.15) is 0 Å². The molecule has 2 aromatic heterocycles. The molecule has 0 bridgehead atoms. The minimum atomic E-state index is 0.749. The van der Waals surface area contributed by atoms with Crippen LogP contribution in [0.5, 0.6) is 0 Å². The number of nitrogens with one attached hydrogen (secondary N) is 1. The van der Waals surface area contributed by atoms with Crippen LogP contribution < -0.4 is 5.32 Å². The van der Waals surface area contributed by atoms with E-state index in [4.69, 9.17) is 0 Å². The lowest BCUT2D eigenvalue weighted by Crippen LogP contribution is -2.04. The summed E-state index contributed by atoms with van der Waals surface area (Å²) in [6.07, 6.45) is 2.87. The van der Waals surface area contributed by atoms with Gasteiger partial charge in [-0.3, -0.25) is 4.98 Å². The molecule has 1 aromatic carbocycles. The van der Waals surface area contributed by atoms with Gasteiger partial charge in [-0.15, -0.1) is 0 Å². The summed E-state index contributed by atoms with van der Waals surface area (Å²) in [5.74, 6) is 1.63. The molecule has 4 nitrogen and oxygen atoms in total. The van der Waals surface area contributed by atoms with E-state index in [-0.39, 0.29) is 0 Å². The van der Waals surface area contributed by atoms with Crippen molar-refractivity contribution in [1.29, 1.82) is 0 Å². The minimum absolute atomic E-state index is 0.749. The second kappa shape index (κ2) is 5.87. The maximum Gasteiger partial charge on any atom is 0.161 e. The molecule has 1 N–H and O–H groups in total. The summed E-state index contributed by atoms with van der Waals surface area (Å²) in [7, 11) is 0. The highest BCUT2D eigenvalue weighted by Gasteiger charge is 2.06. The molecule has 0 aliphatic heterocycles. The number of rotatable bonds is 4. The van der Waals surface area contributed by atoms with Gasteiger partial charge in [0.2, 0.25) is 0 Å². The number of aryl methyl sites for hydroxylation is 1. The fourth-order valence-electron chi connectivity index (χ4n) is 2.26. The van der Waals surface area contributed by atoms with E-state index < -0.39 is 0 Å². The molecular weight excluding hydrogens is 260 g/mol. The van der Waals surface area contributed by atoms with Crippen LogP contribution in [0.3, 0.4) is 0 Å². The Morgan fingerprint density at radius 1 is 1.10 bits per heavy atom. The average Bonchev–Trinajstić information content (AvgIpc) is 2.52. The SMILES string of the molecule is CCCNc1cc(C)nc(-c2ccc3ncccc3c2)n1. The first-order valence-electron chi connectivity index (χ1n) is 7.21. The Morgan fingerprint density at radius 3 is 2.86 bits per heavy atom. The maximum absolute atomic E-state index is 4.61. The lowest BCUT2D eigenvalue weighted by atomic mass is 10.1. The van der Waals surface area contributed by atoms with Crippen LogP contribution in [-0.2, 0) is 0 Å². The van der Waals surface area contributed by atoms with E-state index in [0.29, 0.717) is 0 Å². The average molecular weight is 278 g/mol. The van der Waals surface area contributed by atoms with Crippen molar-refractivity contribution < 1.29 is 0 Å². The lowest BCUT2D eigenvalue weighted by molar-refractivity contribution is 0.962. The Bertz CT molecular complexity index is 768. The molecule has 21 heavy (non-hydrogen) atoms. The van der Waals surface area contributed by atoms with E-state index in [1.807, 2.05) is 31.2 Å². The first kappa shape index (κ1) is 13.5. The number of benzene rings is 1. The standard InChI is InChI=1S/C17H18N4/c1-3-8-19-16-10-12(2)20-17(21-16)14-6-7-15-13(11-14)5-4-9-18-15/h4-7,9-11H,3,8H2,1-2H3,(H,19,20,21). The number of hydrogen-bond donors (Lipinski definition) is 1. The first-order valence-corrected chi connectivity index (χ1v) is 7.21. The van der Waals surface area contributed by atoms with Crippen LogP contribution in [0.25, 0.3) is 22.3 Å². The van der Waals surface area contributed by atoms with Gasteiger partial charge in [0.1, 0.15) is 5.82 Å². The van der Waals surface area contributed by atoms with Crippen molar-refractivity contribution in [1.82, 2.24) is 15.0 Å². The van der Waals surface area contributed by atoms with Crippen molar-refractivity contribution in [3.63, 3.8) is 0 Å². The van der Waals surface area contributed by atoms with Crippen LogP contribution in [0.4, 0.5) is 5.82 Å². The molecule has 0 atom stereocenters. The van der Waals surface area contributed by atoms with E-state index in [1.54, 1.807) is 6.20 Å². The summed E-state index contributed by atoms with van der Waals surface area (Å²) in [6.45, 7) is 5.04. The molecule has 0 unspecified atom stereocenters. The maximum atomic E-state index is 4.61. The Kier molecular flexibility index (Phi) is 3.77. The number of anilines is 1. The second-order valence-corrected chi connectivity index (χ2v) is 5.06. The first-order chi connectivity index (χ1) is 10.3. The fourth-order valence-corrected chi connectivity index (χ4v) is 2.26. The topological polar surface area (TPSA) is 50.7 Å². The van der Waals surface area contributed by atoms with Gasteiger partial charge in [-0.1, -0.05) is 13.0 Å². The summed E-state index contributed by atoms with van der Waals surface area (Å²) >= 11 is 0. The summed E-state index contributed by atoms with van der Waals surface area (Å²) in [4.78, 5) is 13.5. The highest BCUT2D eigenvalue weighted by Crippen LogP contribution is 2.22. The number of hydrogen-bond acceptors (Lipinski definition) is 4. The highest BCUT2D eigenvalue weighted by molar-refractivity contribution is 5.83. The number of nitrogens with zero attached hydrogens (tertiary/aromatic N) is 3. The van der Waals surface area contributed by atoms with Crippen molar-refractivity contribution in [2.75, 3.05) is 11.9 Å². The number of fused-ring (bicyclic) bond motifs is 1. The molecule has 3 rings (SSSR count). The normalized spacial score (nSPS) is 10.8. The van der Waals surface area contributed by atoms with Gasteiger partial charge in [0.05, 0.1) is 5.52 Å². The lowest BCUT2D eigenvalue weighted by Gasteiger charge is -2.08. The molecule has 3 aromatic rings. The predicted octanol–water partition coefficient (Wildman–Crippen LogP) is 3.82. The molecule has 0 aliphatic carbocycles. The van der Waals surface area contributed by atoms with Gasteiger partial charge in [0.15, 0.2) is 5.82 Å². The molecule has 0 spiro atoms. The fraction of sp³-hybridized carbons (Fsp3) is 0.235. The predicted molar refractivity (Wildman–Crippen MR) is 86.3 cm³/mol. The highest BCUT2D eigenvalue weighted by atomic mass is 15.0. The summed E-state index contributed by atoms with van der Waals surface area (Å²) < 4.78 is 0. The van der Waals surface area contributed by atoms with Crippen molar-refractivity contribution in [3.05, 3.63) is 48.3 Å². The monoisotopic (exact) mass is 278 g/mol. The van der Waals surface area contributed by atoms with E-state index in [9.17, 15) is 0 Å². The molecular formula is C17H18N4. The third-order valence-electron chi connectivity index (χ3n) is 3.27. The van der Waals surface area contributed by atoms with E-state index in [0.717, 1.165) is 46.8 Å². The van der Waals surface area contributed by atoms with Crippen molar-refractivity contribution in [3.8, 4) is 11.4 Å². The third-order valence-corrected chi connectivity index (χ3v) is 3.27. The molecule has 0 fully saturated rings. The van der Waals surface area contributed by atoms with Gasteiger partial charge >= 0.3 is 0 Å². The summed E-state index contributed by atoms with van der Waals surface area (Å²) in [6, 6.07) is 12.1. The Labute approximate surface area is 124 Å². The minimum Gasteiger partial charge on any atom is -0.370 e. The zero-order valence-corrected chi connectivity index (χ0v) is 12.3. The van der Waals surface area contributed by atoms with Gasteiger partial charge in [0, 0.05) is 35.5 Å². The van der Waals surface area contributed by atoms with Gasteiger partial charge in [-0.25, -0.2) is 9.97 Å². The van der Waals surface area contributed by atoms with Crippen LogP contribution in [0, 0.1) is 6.92 Å². The molecule has 0 saturated carbocycles. The largest absolute Gasteiger partial charge is 0.370 e. The second-order valence-electron chi connectivity index (χ2n) is 5.06. The van der Waals surface area contributed by atoms with Crippen molar-refractivity contribution in [2.45, 2.75) is 20.3 Å². The number of pyridine rings is 1. The van der Waals surface area contributed by atoms with Gasteiger partial charge in [-0.05, 0) is 37.6 Å². The van der Waals surface area contributed by atoms with Gasteiger partial charge < -0.3 is 5.32 Å². The molecule has 4 heteroatoms. The van der Waals surface area contributed by atoms with E-state index in [1.165, 1.54) is 0 Å². The zero-order chi connectivity index (χ0) is 14.7. The van der Waals surface area contributed by atoms with Crippen LogP contribution in [0.1, 0.15) is 19.0 Å². The molecule has 2 heterocycles. The van der Waals surface area contributed by atoms with Crippen LogP contribution >= 0.6 is 0 Å². The molecule has 106 valence electrons. The van der Waals surface area contributed by atoms with Crippen molar-refractivity contribution >= 4 is 16.7 Å². The molecule has 0 saturated heterocycles. The van der Waals surface area contributed by atoms with Crippen LogP contribution in [0.2, 0.25) is 0 Å². The summed E-state index contributed by atoms with van der Waals surface area (Å²) in [5, 5.41) is 4.42. The quantitative estimate of drug-likeness (QED) is 0.788. The molecule has 0 amide bonds. The van der Waals surface area contributed by atoms with Crippen LogP contribution in [-0.4, -0.2) is 21.5 Å². The van der Waals surface area contributed by atoms with E-state index in [2.05, 4.69) is 39.3 Å². The van der Waals surface area contributed by atoms with Crippen molar-refractivity contribution in [2.24, 2.45) is 0 Å². The van der Waals surface area contributed by atoms with E-state index >= 15 is 0 Å². The number of aromatic nitrogens is 3. The summed E-state index contributed by atoms with van der Waals surface area (Å²) in [5.41, 5.74) is 2.96. The van der Waals surface area contributed by atoms with Crippen LogP contribution in [0.15, 0.2) is 42.6 Å². The Balaban J connectivity index is 2.02. The zero-order valence-electron chi connectivity index (χ0n) is 12.3. The third kappa shape index (κ3) is 2.99. The Hall–Kier alpha value is -2.49.